The monoisotopic (exact) mass is 453 g/mol. The predicted octanol–water partition coefficient (Wildman–Crippen LogP) is 1.54. The molecule has 1 aromatic rings. The van der Waals surface area contributed by atoms with E-state index in [1.165, 1.54) is 32.9 Å². The number of hydrazone groups is 1. The first kappa shape index (κ1) is 23.5. The number of likely N-dealkylation sites (N-methyl/N-ethyl adjacent to an activating group) is 1. The summed E-state index contributed by atoms with van der Waals surface area (Å²) in [6.45, 7) is 8.06. The first-order valence-corrected chi connectivity index (χ1v) is 9.96. The summed E-state index contributed by atoms with van der Waals surface area (Å²) in [5.41, 5.74) is 0.223. The third-order valence-corrected chi connectivity index (χ3v) is 5.40. The normalized spacial score (nSPS) is 20.9. The van der Waals surface area contributed by atoms with Crippen molar-refractivity contribution in [1.29, 1.82) is 0 Å². The maximum Gasteiger partial charge on any atom is 0.401 e. The summed E-state index contributed by atoms with van der Waals surface area (Å²) < 4.78 is 39.7. The molecule has 0 spiro atoms. The molecule has 3 heterocycles. The number of rotatable bonds is 3. The molecule has 1 saturated heterocycles. The summed E-state index contributed by atoms with van der Waals surface area (Å²) in [7, 11) is 1.60. The fourth-order valence-corrected chi connectivity index (χ4v) is 3.92. The van der Waals surface area contributed by atoms with E-state index in [4.69, 9.17) is 0 Å². The number of nitrogens with zero attached hydrogens (tertiary/aromatic N) is 6. The van der Waals surface area contributed by atoms with Gasteiger partial charge in [-0.25, -0.2) is 4.68 Å². The molecule has 2 amide bonds. The quantitative estimate of drug-likeness (QED) is 0.702. The fraction of sp³-hybridized carbons (Fsp3) is 0.500. The molecule has 0 bridgehead atoms. The Hall–Kier alpha value is -3.15. The highest BCUT2D eigenvalue weighted by atomic mass is 19.4. The van der Waals surface area contributed by atoms with Crippen LogP contribution in [-0.4, -0.2) is 87.3 Å². The Balaban J connectivity index is 1.82. The molecule has 0 atom stereocenters. The smallest absolute Gasteiger partial charge is 0.331 e. The van der Waals surface area contributed by atoms with Crippen LogP contribution in [0.4, 0.5) is 13.2 Å². The molecular formula is C20H26F3N7O2. The highest BCUT2D eigenvalue weighted by Gasteiger charge is 2.41. The number of hydrogen-bond acceptors (Lipinski definition) is 6. The Morgan fingerprint density at radius 3 is 2.59 bits per heavy atom. The second-order valence-electron chi connectivity index (χ2n) is 8.34. The lowest BCUT2D eigenvalue weighted by Gasteiger charge is -2.47. The second-order valence-corrected chi connectivity index (χ2v) is 8.34. The van der Waals surface area contributed by atoms with Gasteiger partial charge < -0.3 is 4.90 Å². The van der Waals surface area contributed by atoms with Crippen molar-refractivity contribution in [3.05, 3.63) is 41.9 Å². The number of alkyl halides is 3. The van der Waals surface area contributed by atoms with Crippen molar-refractivity contribution in [3.8, 4) is 0 Å². The van der Waals surface area contributed by atoms with Crippen LogP contribution < -0.4 is 5.32 Å². The third-order valence-electron chi connectivity index (χ3n) is 5.40. The molecule has 9 nitrogen and oxygen atoms in total. The second kappa shape index (κ2) is 8.41. The van der Waals surface area contributed by atoms with Gasteiger partial charge in [-0.15, -0.1) is 5.10 Å². The van der Waals surface area contributed by atoms with E-state index in [1.54, 1.807) is 32.7 Å². The minimum Gasteiger partial charge on any atom is -0.331 e. The van der Waals surface area contributed by atoms with Crippen LogP contribution in [-0.2, 0) is 4.79 Å². The largest absolute Gasteiger partial charge is 0.401 e. The molecule has 2 aliphatic heterocycles. The van der Waals surface area contributed by atoms with Gasteiger partial charge in [0.05, 0.1) is 29.5 Å². The summed E-state index contributed by atoms with van der Waals surface area (Å²) in [5.74, 6) is -0.611. The Labute approximate surface area is 183 Å². The molecule has 32 heavy (non-hydrogen) atoms. The van der Waals surface area contributed by atoms with Crippen LogP contribution in [0.2, 0.25) is 0 Å². The molecule has 0 unspecified atom stereocenters. The van der Waals surface area contributed by atoms with Crippen LogP contribution in [0.25, 0.3) is 0 Å². The summed E-state index contributed by atoms with van der Waals surface area (Å²) in [5, 5.41) is 12.5. The topological polar surface area (TPSA) is 86.1 Å². The van der Waals surface area contributed by atoms with Gasteiger partial charge >= 0.3 is 6.18 Å². The number of allylic oxidation sites excluding steroid dienone is 2. The van der Waals surface area contributed by atoms with Gasteiger partial charge in [-0.3, -0.25) is 24.8 Å². The fourth-order valence-electron chi connectivity index (χ4n) is 3.92. The molecule has 174 valence electrons. The van der Waals surface area contributed by atoms with Gasteiger partial charge in [-0.2, -0.15) is 18.3 Å². The zero-order valence-corrected chi connectivity index (χ0v) is 18.4. The molecule has 3 rings (SSSR count). The van der Waals surface area contributed by atoms with Crippen LogP contribution in [0, 0.1) is 6.92 Å². The minimum atomic E-state index is -4.29. The number of carbonyl (C=O) groups is 2. The first-order valence-electron chi connectivity index (χ1n) is 9.96. The average Bonchev–Trinajstić information content (AvgIpc) is 3.03. The number of amides is 2. The Morgan fingerprint density at radius 1 is 1.34 bits per heavy atom. The summed E-state index contributed by atoms with van der Waals surface area (Å²) in [6, 6.07) is 0. The lowest BCUT2D eigenvalue weighted by molar-refractivity contribution is -0.153. The van der Waals surface area contributed by atoms with Crippen LogP contribution >= 0.6 is 0 Å². The number of nitrogens with one attached hydrogen (secondary N) is 1. The van der Waals surface area contributed by atoms with Crippen LogP contribution in [0.1, 0.15) is 29.9 Å². The minimum absolute atomic E-state index is 0.0947. The Morgan fingerprint density at radius 2 is 2.03 bits per heavy atom. The highest BCUT2D eigenvalue weighted by Crippen LogP contribution is 2.27. The zero-order valence-electron chi connectivity index (χ0n) is 18.4. The van der Waals surface area contributed by atoms with Crippen molar-refractivity contribution in [2.45, 2.75) is 32.5 Å². The molecule has 1 N–H and O–H groups in total. The Bertz CT molecular complexity index is 994. The van der Waals surface area contributed by atoms with E-state index in [9.17, 15) is 22.8 Å². The third kappa shape index (κ3) is 4.69. The van der Waals surface area contributed by atoms with Gasteiger partial charge in [0.2, 0.25) is 5.96 Å². The average molecular weight is 453 g/mol. The molecule has 0 radical (unpaired) electrons. The molecule has 2 aliphatic rings. The lowest BCUT2D eigenvalue weighted by Crippen LogP contribution is -2.62. The molecule has 0 aromatic carbocycles. The number of aromatic nitrogens is 2. The maximum absolute atomic E-state index is 13.3. The van der Waals surface area contributed by atoms with Gasteiger partial charge in [0.25, 0.3) is 11.8 Å². The van der Waals surface area contributed by atoms with Gasteiger partial charge in [0.1, 0.15) is 5.70 Å². The van der Waals surface area contributed by atoms with E-state index in [1.807, 2.05) is 0 Å². The van der Waals surface area contributed by atoms with E-state index >= 15 is 0 Å². The van der Waals surface area contributed by atoms with Crippen molar-refractivity contribution < 1.29 is 22.8 Å². The molecule has 0 aliphatic carbocycles. The lowest BCUT2D eigenvalue weighted by atomic mass is 9.97. The predicted molar refractivity (Wildman–Crippen MR) is 112 cm³/mol. The number of carbonyl (C=O) groups excluding carboxylic acids is 2. The van der Waals surface area contributed by atoms with E-state index in [-0.39, 0.29) is 37.1 Å². The van der Waals surface area contributed by atoms with Crippen molar-refractivity contribution in [2.75, 3.05) is 33.2 Å². The standard InChI is InChI=1S/C20H26F3N7O2/c1-6-7-15-16(31)25-18(26-27(15)5)30-13(2)14(10-24-30)17(32)29-9-8-28(11-19(29,3)4)12-20(21,22)23/h6-7,10H,1,8-9,11-12H2,2-5H3,(H,25,26,31)/b15-7-. The first-order chi connectivity index (χ1) is 14.8. The van der Waals surface area contributed by atoms with Crippen molar-refractivity contribution in [3.63, 3.8) is 0 Å². The highest BCUT2D eigenvalue weighted by molar-refractivity contribution is 6.08. The van der Waals surface area contributed by atoms with Crippen molar-refractivity contribution in [2.24, 2.45) is 5.10 Å². The molecule has 12 heteroatoms. The summed E-state index contributed by atoms with van der Waals surface area (Å²) >= 11 is 0. The Kier molecular flexibility index (Phi) is 6.18. The number of hydrogen-bond donors (Lipinski definition) is 1. The number of halogens is 3. The van der Waals surface area contributed by atoms with Gasteiger partial charge in [0, 0.05) is 26.7 Å². The summed E-state index contributed by atoms with van der Waals surface area (Å²) in [4.78, 5) is 28.5. The molecule has 1 fully saturated rings. The molecule has 0 saturated carbocycles. The zero-order chi connectivity index (χ0) is 23.8. The van der Waals surface area contributed by atoms with Crippen LogP contribution in [0.15, 0.2) is 35.7 Å². The van der Waals surface area contributed by atoms with Crippen molar-refractivity contribution in [1.82, 2.24) is 29.9 Å². The molecular weight excluding hydrogens is 427 g/mol. The van der Waals surface area contributed by atoms with Crippen LogP contribution in [0.3, 0.4) is 0 Å². The maximum atomic E-state index is 13.3. The van der Waals surface area contributed by atoms with Gasteiger partial charge in [-0.05, 0) is 26.8 Å². The summed E-state index contributed by atoms with van der Waals surface area (Å²) in [6.07, 6.45) is 0.0672. The van der Waals surface area contributed by atoms with E-state index in [0.717, 1.165) is 0 Å². The van der Waals surface area contributed by atoms with Crippen LogP contribution in [0.5, 0.6) is 0 Å². The van der Waals surface area contributed by atoms with E-state index in [0.29, 0.717) is 11.4 Å². The van der Waals surface area contributed by atoms with E-state index in [2.05, 4.69) is 22.1 Å². The number of piperazine rings is 1. The van der Waals surface area contributed by atoms with Crippen molar-refractivity contribution >= 4 is 17.8 Å². The van der Waals surface area contributed by atoms with E-state index < -0.39 is 24.2 Å². The van der Waals surface area contributed by atoms with Gasteiger partial charge in [0.15, 0.2) is 0 Å². The SMILES string of the molecule is C=C/C=C1/C(=O)NC(n2ncc(C(=O)N3CCN(CC(F)(F)F)CC3(C)C)c2C)=NN1C. The molecule has 1 aromatic heterocycles. The van der Waals surface area contributed by atoms with Gasteiger partial charge in [-0.1, -0.05) is 12.7 Å².